The van der Waals surface area contributed by atoms with Crippen LogP contribution in [0, 0.1) is 0 Å². The highest BCUT2D eigenvalue weighted by atomic mass is 16.5. The fraction of sp³-hybridized carbons (Fsp3) is 0.600. The second-order valence-corrected chi connectivity index (χ2v) is 4.96. The summed E-state index contributed by atoms with van der Waals surface area (Å²) in [5.74, 6) is 1.60. The second-order valence-electron chi connectivity index (χ2n) is 4.96. The van der Waals surface area contributed by atoms with Crippen LogP contribution < -0.4 is 14.8 Å². The van der Waals surface area contributed by atoms with Gasteiger partial charge in [-0.25, -0.2) is 0 Å². The Balaban J connectivity index is 2.05. The van der Waals surface area contributed by atoms with E-state index in [2.05, 4.69) is 11.4 Å². The third kappa shape index (κ3) is 4.11. The highest BCUT2D eigenvalue weighted by Crippen LogP contribution is 2.32. The molecular formula is C15H23NO3. The third-order valence-corrected chi connectivity index (χ3v) is 3.30. The molecule has 0 amide bonds. The Hall–Kier alpha value is -1.26. The van der Waals surface area contributed by atoms with Gasteiger partial charge < -0.3 is 19.5 Å². The molecule has 2 rings (SSSR count). The predicted molar refractivity (Wildman–Crippen MR) is 74.8 cm³/mol. The second kappa shape index (κ2) is 6.78. The van der Waals surface area contributed by atoms with Crippen molar-refractivity contribution < 1.29 is 14.2 Å². The van der Waals surface area contributed by atoms with Gasteiger partial charge in [0.25, 0.3) is 0 Å². The van der Waals surface area contributed by atoms with Gasteiger partial charge in [0, 0.05) is 25.3 Å². The number of hydrogen-bond acceptors (Lipinski definition) is 4. The molecule has 0 spiro atoms. The van der Waals surface area contributed by atoms with E-state index in [9.17, 15) is 0 Å². The van der Waals surface area contributed by atoms with Crippen molar-refractivity contribution >= 4 is 0 Å². The zero-order chi connectivity index (χ0) is 13.7. The van der Waals surface area contributed by atoms with Gasteiger partial charge in [-0.3, -0.25) is 0 Å². The number of hydrogen-bond donors (Lipinski definition) is 1. The zero-order valence-electron chi connectivity index (χ0n) is 11.9. The van der Waals surface area contributed by atoms with Crippen molar-refractivity contribution in [1.82, 2.24) is 5.32 Å². The molecule has 0 saturated heterocycles. The van der Waals surface area contributed by atoms with Gasteiger partial charge >= 0.3 is 0 Å². The Bertz CT molecular complexity index is 404. The van der Waals surface area contributed by atoms with E-state index >= 15 is 0 Å². The van der Waals surface area contributed by atoms with Gasteiger partial charge in [-0.15, -0.1) is 0 Å². The summed E-state index contributed by atoms with van der Waals surface area (Å²) in [6.07, 6.45) is 2.62. The Morgan fingerprint density at radius 2 is 2.11 bits per heavy atom. The van der Waals surface area contributed by atoms with Gasteiger partial charge in [-0.1, -0.05) is 12.1 Å². The molecule has 0 bridgehead atoms. The number of rotatable bonds is 8. The molecule has 0 radical (unpaired) electrons. The van der Waals surface area contributed by atoms with E-state index in [1.54, 1.807) is 14.2 Å². The van der Waals surface area contributed by atoms with Crippen molar-refractivity contribution in [3.8, 4) is 11.5 Å². The molecule has 1 saturated carbocycles. The normalized spacial score (nSPS) is 16.2. The molecule has 0 aromatic heterocycles. The highest BCUT2D eigenvalue weighted by molar-refractivity contribution is 5.46. The molecule has 1 fully saturated rings. The van der Waals surface area contributed by atoms with Crippen LogP contribution in [0.3, 0.4) is 0 Å². The Morgan fingerprint density at radius 1 is 1.32 bits per heavy atom. The number of nitrogens with one attached hydrogen (secondary N) is 1. The SMILES string of the molecule is COc1cccc(CNC2CC2)c1OCC(C)OC. The van der Waals surface area contributed by atoms with Gasteiger partial charge in [0.1, 0.15) is 6.61 Å². The first-order valence-corrected chi connectivity index (χ1v) is 6.79. The number of benzene rings is 1. The van der Waals surface area contributed by atoms with E-state index < -0.39 is 0 Å². The van der Waals surface area contributed by atoms with Crippen molar-refractivity contribution in [2.75, 3.05) is 20.8 Å². The van der Waals surface area contributed by atoms with E-state index in [0.29, 0.717) is 12.6 Å². The van der Waals surface area contributed by atoms with Crippen LogP contribution in [-0.2, 0) is 11.3 Å². The average Bonchev–Trinajstić information content (AvgIpc) is 3.26. The summed E-state index contributed by atoms with van der Waals surface area (Å²) < 4.78 is 16.5. The van der Waals surface area contributed by atoms with Gasteiger partial charge in [0.15, 0.2) is 11.5 Å². The van der Waals surface area contributed by atoms with Crippen LogP contribution in [0.15, 0.2) is 18.2 Å². The van der Waals surface area contributed by atoms with Crippen molar-refractivity contribution in [2.45, 2.75) is 38.5 Å². The molecule has 1 unspecified atom stereocenters. The van der Waals surface area contributed by atoms with E-state index in [0.717, 1.165) is 23.6 Å². The predicted octanol–water partition coefficient (Wildman–Crippen LogP) is 2.36. The lowest BCUT2D eigenvalue weighted by atomic mass is 10.2. The first-order valence-electron chi connectivity index (χ1n) is 6.79. The topological polar surface area (TPSA) is 39.7 Å². The molecule has 1 N–H and O–H groups in total. The maximum Gasteiger partial charge on any atom is 0.165 e. The van der Waals surface area contributed by atoms with E-state index in [1.807, 2.05) is 19.1 Å². The molecule has 1 atom stereocenters. The first kappa shape index (κ1) is 14.2. The van der Waals surface area contributed by atoms with Crippen LogP contribution in [0.5, 0.6) is 11.5 Å². The smallest absolute Gasteiger partial charge is 0.165 e. The summed E-state index contributed by atoms with van der Waals surface area (Å²) in [7, 11) is 3.35. The summed E-state index contributed by atoms with van der Waals surface area (Å²) >= 11 is 0. The number of para-hydroxylation sites is 1. The molecule has 106 valence electrons. The third-order valence-electron chi connectivity index (χ3n) is 3.30. The molecule has 1 aliphatic rings. The van der Waals surface area contributed by atoms with Crippen LogP contribution in [0.4, 0.5) is 0 Å². The lowest BCUT2D eigenvalue weighted by molar-refractivity contribution is 0.0701. The van der Waals surface area contributed by atoms with Crippen molar-refractivity contribution in [2.24, 2.45) is 0 Å². The summed E-state index contributed by atoms with van der Waals surface area (Å²) in [6.45, 7) is 3.32. The van der Waals surface area contributed by atoms with E-state index in [1.165, 1.54) is 12.8 Å². The minimum Gasteiger partial charge on any atom is -0.493 e. The standard InChI is InChI=1S/C15H23NO3/c1-11(17-2)10-19-15-12(9-16-13-7-8-13)5-4-6-14(15)18-3/h4-6,11,13,16H,7-10H2,1-3H3. The van der Waals surface area contributed by atoms with Gasteiger partial charge in [-0.05, 0) is 25.8 Å². The number of ether oxygens (including phenoxy) is 3. The summed E-state index contributed by atoms with van der Waals surface area (Å²) in [5, 5.41) is 3.50. The first-order chi connectivity index (χ1) is 9.24. The zero-order valence-corrected chi connectivity index (χ0v) is 11.9. The maximum atomic E-state index is 5.87. The Morgan fingerprint density at radius 3 is 2.74 bits per heavy atom. The van der Waals surface area contributed by atoms with Gasteiger partial charge in [0.05, 0.1) is 13.2 Å². The Kier molecular flexibility index (Phi) is 5.05. The van der Waals surface area contributed by atoms with E-state index in [-0.39, 0.29) is 6.10 Å². The lowest BCUT2D eigenvalue weighted by Crippen LogP contribution is -2.19. The molecule has 19 heavy (non-hydrogen) atoms. The molecule has 0 aliphatic heterocycles. The Labute approximate surface area is 115 Å². The highest BCUT2D eigenvalue weighted by Gasteiger charge is 2.21. The molecule has 4 heteroatoms. The van der Waals surface area contributed by atoms with Crippen molar-refractivity contribution in [3.05, 3.63) is 23.8 Å². The molecule has 1 aromatic carbocycles. The quantitative estimate of drug-likeness (QED) is 0.783. The van der Waals surface area contributed by atoms with Gasteiger partial charge in [-0.2, -0.15) is 0 Å². The summed E-state index contributed by atoms with van der Waals surface area (Å²) in [5.41, 5.74) is 1.13. The van der Waals surface area contributed by atoms with Crippen LogP contribution in [0.1, 0.15) is 25.3 Å². The fourth-order valence-corrected chi connectivity index (χ4v) is 1.84. The average molecular weight is 265 g/mol. The molecule has 4 nitrogen and oxygen atoms in total. The molecule has 0 heterocycles. The fourth-order valence-electron chi connectivity index (χ4n) is 1.84. The van der Waals surface area contributed by atoms with Crippen LogP contribution in [0.2, 0.25) is 0 Å². The van der Waals surface area contributed by atoms with Crippen molar-refractivity contribution in [3.63, 3.8) is 0 Å². The summed E-state index contributed by atoms with van der Waals surface area (Å²) in [4.78, 5) is 0. The minimum atomic E-state index is 0.0640. The lowest BCUT2D eigenvalue weighted by Gasteiger charge is -2.17. The minimum absolute atomic E-state index is 0.0640. The van der Waals surface area contributed by atoms with Crippen LogP contribution in [0.25, 0.3) is 0 Å². The van der Waals surface area contributed by atoms with Crippen molar-refractivity contribution in [1.29, 1.82) is 0 Å². The van der Waals surface area contributed by atoms with E-state index in [4.69, 9.17) is 14.2 Å². The molecule has 1 aliphatic carbocycles. The number of methoxy groups -OCH3 is 2. The van der Waals surface area contributed by atoms with Crippen LogP contribution in [-0.4, -0.2) is 33.0 Å². The van der Waals surface area contributed by atoms with Gasteiger partial charge in [0.2, 0.25) is 0 Å². The molecule has 1 aromatic rings. The monoisotopic (exact) mass is 265 g/mol. The summed E-state index contributed by atoms with van der Waals surface area (Å²) in [6, 6.07) is 6.67. The van der Waals surface area contributed by atoms with Crippen LogP contribution >= 0.6 is 0 Å². The largest absolute Gasteiger partial charge is 0.493 e. The molecular weight excluding hydrogens is 242 g/mol. The maximum absolute atomic E-state index is 5.87.